The van der Waals surface area contributed by atoms with E-state index < -0.39 is 0 Å². The van der Waals surface area contributed by atoms with Crippen molar-refractivity contribution in [2.75, 3.05) is 41.0 Å². The standard InChI is InChI=1S/C25H29FN4O5/c1-32-20-12-22(34-3)21(33-2)11-18(20)13-27-23(31)15-30-9-5-7-17(14-30)25-28-24(29-35-25)16-6-4-8-19(26)10-16/h4,6,8,10-12,17H,5,7,9,13-15H2,1-3H3,(H,27,31). The van der Waals surface area contributed by atoms with E-state index in [1.165, 1.54) is 12.1 Å². The Kier molecular flexibility index (Phi) is 7.81. The van der Waals surface area contributed by atoms with Crippen molar-refractivity contribution in [3.63, 3.8) is 0 Å². The van der Waals surface area contributed by atoms with E-state index in [-0.39, 0.29) is 24.2 Å². The second-order valence-electron chi connectivity index (χ2n) is 8.34. The molecular weight excluding hydrogens is 455 g/mol. The maximum Gasteiger partial charge on any atom is 0.234 e. The average molecular weight is 485 g/mol. The third-order valence-electron chi connectivity index (χ3n) is 6.01. The molecule has 1 saturated heterocycles. The maximum absolute atomic E-state index is 13.5. The van der Waals surface area contributed by atoms with E-state index in [0.717, 1.165) is 24.9 Å². The van der Waals surface area contributed by atoms with Crippen LogP contribution in [0.25, 0.3) is 11.4 Å². The van der Waals surface area contributed by atoms with Crippen LogP contribution in [0.4, 0.5) is 4.39 Å². The number of carbonyl (C=O) groups is 1. The number of hydrogen-bond acceptors (Lipinski definition) is 8. The largest absolute Gasteiger partial charge is 0.496 e. The van der Waals surface area contributed by atoms with Crippen molar-refractivity contribution in [3.05, 3.63) is 53.7 Å². The number of nitrogens with zero attached hydrogens (tertiary/aromatic N) is 3. The summed E-state index contributed by atoms with van der Waals surface area (Å²) >= 11 is 0. The van der Waals surface area contributed by atoms with Gasteiger partial charge in [0.05, 0.1) is 33.8 Å². The highest BCUT2D eigenvalue weighted by Crippen LogP contribution is 2.34. The number of halogens is 1. The highest BCUT2D eigenvalue weighted by atomic mass is 19.1. The molecule has 1 aliphatic heterocycles. The minimum absolute atomic E-state index is 0.0114. The second kappa shape index (κ2) is 11.2. The first-order valence-electron chi connectivity index (χ1n) is 11.4. The van der Waals surface area contributed by atoms with Gasteiger partial charge in [-0.1, -0.05) is 17.3 Å². The Bertz CT molecular complexity index is 1170. The van der Waals surface area contributed by atoms with Crippen LogP contribution in [-0.2, 0) is 11.3 Å². The second-order valence-corrected chi connectivity index (χ2v) is 8.34. The first-order valence-corrected chi connectivity index (χ1v) is 11.4. The molecule has 1 aromatic heterocycles. The third kappa shape index (κ3) is 5.89. The number of benzene rings is 2. The molecule has 1 aliphatic rings. The Morgan fingerprint density at radius 1 is 1.14 bits per heavy atom. The Labute approximate surface area is 203 Å². The molecule has 0 radical (unpaired) electrons. The minimum Gasteiger partial charge on any atom is -0.496 e. The van der Waals surface area contributed by atoms with Gasteiger partial charge < -0.3 is 24.1 Å². The van der Waals surface area contributed by atoms with Crippen LogP contribution >= 0.6 is 0 Å². The normalized spacial score (nSPS) is 16.1. The summed E-state index contributed by atoms with van der Waals surface area (Å²) in [5.41, 5.74) is 1.35. The molecule has 35 heavy (non-hydrogen) atoms. The van der Waals surface area contributed by atoms with Crippen LogP contribution in [0.3, 0.4) is 0 Å². The molecule has 10 heteroatoms. The van der Waals surface area contributed by atoms with E-state index in [9.17, 15) is 9.18 Å². The molecule has 1 atom stereocenters. The molecule has 1 amide bonds. The van der Waals surface area contributed by atoms with E-state index in [0.29, 0.717) is 47.6 Å². The number of rotatable bonds is 9. The molecule has 1 N–H and O–H groups in total. The number of aromatic nitrogens is 2. The molecule has 3 aromatic rings. The van der Waals surface area contributed by atoms with Crippen molar-refractivity contribution < 1.29 is 27.9 Å². The summed E-state index contributed by atoms with van der Waals surface area (Å²) in [5.74, 6) is 2.14. The lowest BCUT2D eigenvalue weighted by Crippen LogP contribution is -2.41. The number of likely N-dealkylation sites (tertiary alicyclic amines) is 1. The van der Waals surface area contributed by atoms with Crippen LogP contribution in [0.2, 0.25) is 0 Å². The monoisotopic (exact) mass is 484 g/mol. The van der Waals surface area contributed by atoms with E-state index >= 15 is 0 Å². The summed E-state index contributed by atoms with van der Waals surface area (Å²) in [6, 6.07) is 9.62. The van der Waals surface area contributed by atoms with Crippen LogP contribution in [0, 0.1) is 5.82 Å². The summed E-state index contributed by atoms with van der Waals surface area (Å²) in [6.07, 6.45) is 1.78. The molecule has 4 rings (SSSR count). The summed E-state index contributed by atoms with van der Waals surface area (Å²) in [5, 5.41) is 6.96. The Morgan fingerprint density at radius 2 is 1.91 bits per heavy atom. The van der Waals surface area contributed by atoms with Crippen molar-refractivity contribution in [1.82, 2.24) is 20.4 Å². The van der Waals surface area contributed by atoms with Crippen LogP contribution in [0.1, 0.15) is 30.2 Å². The first-order chi connectivity index (χ1) is 17.0. The zero-order valence-electron chi connectivity index (χ0n) is 20.0. The van der Waals surface area contributed by atoms with Crippen molar-refractivity contribution in [3.8, 4) is 28.6 Å². The Morgan fingerprint density at radius 3 is 2.66 bits per heavy atom. The molecule has 2 heterocycles. The molecule has 0 saturated carbocycles. The van der Waals surface area contributed by atoms with Crippen molar-refractivity contribution in [2.24, 2.45) is 0 Å². The smallest absolute Gasteiger partial charge is 0.234 e. The van der Waals surface area contributed by atoms with Gasteiger partial charge in [-0.05, 0) is 37.6 Å². The van der Waals surface area contributed by atoms with Gasteiger partial charge in [0.1, 0.15) is 11.6 Å². The van der Waals surface area contributed by atoms with Crippen LogP contribution in [-0.4, -0.2) is 61.9 Å². The lowest BCUT2D eigenvalue weighted by Gasteiger charge is -2.30. The zero-order valence-corrected chi connectivity index (χ0v) is 20.0. The Balaban J connectivity index is 1.34. The molecular formula is C25H29FN4O5. The van der Waals surface area contributed by atoms with Crippen LogP contribution in [0.15, 0.2) is 40.9 Å². The van der Waals surface area contributed by atoms with Crippen LogP contribution < -0.4 is 19.5 Å². The summed E-state index contributed by atoms with van der Waals surface area (Å²) in [4.78, 5) is 19.2. The van der Waals surface area contributed by atoms with E-state index in [1.54, 1.807) is 45.6 Å². The number of ether oxygens (including phenoxy) is 3. The predicted molar refractivity (Wildman–Crippen MR) is 126 cm³/mol. The Hall–Kier alpha value is -3.66. The number of amides is 1. The van der Waals surface area contributed by atoms with E-state index in [4.69, 9.17) is 18.7 Å². The maximum atomic E-state index is 13.5. The van der Waals surface area contributed by atoms with Gasteiger partial charge in [-0.25, -0.2) is 4.39 Å². The highest BCUT2D eigenvalue weighted by molar-refractivity contribution is 5.78. The van der Waals surface area contributed by atoms with Crippen molar-refractivity contribution >= 4 is 5.91 Å². The molecule has 9 nitrogen and oxygen atoms in total. The van der Waals surface area contributed by atoms with Gasteiger partial charge in [-0.2, -0.15) is 4.98 Å². The SMILES string of the molecule is COc1cc(OC)c(OC)cc1CNC(=O)CN1CCCC(c2nc(-c3cccc(F)c3)no2)C1. The van der Waals surface area contributed by atoms with Crippen LogP contribution in [0.5, 0.6) is 17.2 Å². The third-order valence-corrected chi connectivity index (χ3v) is 6.01. The summed E-state index contributed by atoms with van der Waals surface area (Å²) in [7, 11) is 4.68. The summed E-state index contributed by atoms with van der Waals surface area (Å²) in [6.45, 7) is 1.96. The molecule has 0 spiro atoms. The van der Waals surface area contributed by atoms with Gasteiger partial charge in [0.2, 0.25) is 17.6 Å². The predicted octanol–water partition coefficient (Wildman–Crippen LogP) is 3.40. The quantitative estimate of drug-likeness (QED) is 0.494. The fourth-order valence-corrected chi connectivity index (χ4v) is 4.23. The van der Waals surface area contributed by atoms with Crippen molar-refractivity contribution in [1.29, 1.82) is 0 Å². The molecule has 1 unspecified atom stereocenters. The van der Waals surface area contributed by atoms with Gasteiger partial charge >= 0.3 is 0 Å². The fraction of sp³-hybridized carbons (Fsp3) is 0.400. The van der Waals surface area contributed by atoms with E-state index in [2.05, 4.69) is 20.4 Å². The number of hydrogen-bond donors (Lipinski definition) is 1. The summed E-state index contributed by atoms with van der Waals surface area (Å²) < 4.78 is 35.1. The molecule has 2 aromatic carbocycles. The number of nitrogens with one attached hydrogen (secondary N) is 1. The molecule has 0 bridgehead atoms. The van der Waals surface area contributed by atoms with Gasteiger partial charge in [0.15, 0.2) is 11.5 Å². The fourth-order valence-electron chi connectivity index (χ4n) is 4.23. The lowest BCUT2D eigenvalue weighted by molar-refractivity contribution is -0.122. The first kappa shape index (κ1) is 24.5. The molecule has 186 valence electrons. The number of methoxy groups -OCH3 is 3. The topological polar surface area (TPSA) is 99.0 Å². The van der Waals surface area contributed by atoms with Gasteiger partial charge in [0, 0.05) is 30.3 Å². The minimum atomic E-state index is -0.352. The van der Waals surface area contributed by atoms with Gasteiger partial charge in [-0.15, -0.1) is 0 Å². The van der Waals surface area contributed by atoms with Gasteiger partial charge in [0.25, 0.3) is 0 Å². The van der Waals surface area contributed by atoms with Gasteiger partial charge in [-0.3, -0.25) is 9.69 Å². The molecule has 0 aliphatic carbocycles. The number of carbonyl (C=O) groups excluding carboxylic acids is 1. The average Bonchev–Trinajstić information content (AvgIpc) is 3.37. The van der Waals surface area contributed by atoms with Crippen molar-refractivity contribution in [2.45, 2.75) is 25.3 Å². The number of piperidine rings is 1. The molecule has 1 fully saturated rings. The lowest BCUT2D eigenvalue weighted by atomic mass is 9.98. The zero-order chi connectivity index (χ0) is 24.8. The van der Waals surface area contributed by atoms with E-state index in [1.807, 2.05) is 0 Å². The highest BCUT2D eigenvalue weighted by Gasteiger charge is 2.27.